The number of piperidine rings is 1. The standard InChI is InChI=1S/C16H22N4O.ClH/c17-19-18-15-6-11-21-16(12-15)7-9-20(10-8-16)13-14-4-2-1-3-5-14;/h1-5,15H,6-13H2;1H. The Labute approximate surface area is 137 Å². The molecule has 0 N–H and O–H groups in total. The van der Waals surface area contributed by atoms with Crippen LogP contribution in [0.1, 0.15) is 31.2 Å². The SMILES string of the molecule is Cl.[N-]=[N+]=NC1CCOC2(CCN(Cc3ccccc3)CC2)C1. The average molecular weight is 323 g/mol. The molecule has 1 unspecified atom stereocenters. The zero-order chi connectivity index (χ0) is 14.5. The number of benzene rings is 1. The summed E-state index contributed by atoms with van der Waals surface area (Å²) in [7, 11) is 0. The molecule has 6 heteroatoms. The molecule has 2 fully saturated rings. The molecule has 0 saturated carbocycles. The van der Waals surface area contributed by atoms with Crippen LogP contribution in [0.2, 0.25) is 0 Å². The Hall–Kier alpha value is -1.26. The molecule has 2 aliphatic rings. The van der Waals surface area contributed by atoms with E-state index < -0.39 is 0 Å². The summed E-state index contributed by atoms with van der Waals surface area (Å²) in [5.74, 6) is 0. The minimum atomic E-state index is -0.0513. The molecule has 0 amide bonds. The second-order valence-electron chi connectivity index (χ2n) is 6.14. The molecule has 0 radical (unpaired) electrons. The quantitative estimate of drug-likeness (QED) is 0.481. The summed E-state index contributed by atoms with van der Waals surface area (Å²) >= 11 is 0. The van der Waals surface area contributed by atoms with Crippen LogP contribution in [0.25, 0.3) is 10.4 Å². The Morgan fingerprint density at radius 2 is 2.00 bits per heavy atom. The van der Waals surface area contributed by atoms with Crippen molar-refractivity contribution in [2.45, 2.75) is 43.9 Å². The number of likely N-dealkylation sites (tertiary alicyclic amines) is 1. The molecule has 1 atom stereocenters. The second-order valence-corrected chi connectivity index (χ2v) is 6.14. The molecule has 22 heavy (non-hydrogen) atoms. The molecule has 120 valence electrons. The van der Waals surface area contributed by atoms with Crippen LogP contribution in [0.4, 0.5) is 0 Å². The largest absolute Gasteiger partial charge is 0.375 e. The Morgan fingerprint density at radius 1 is 1.27 bits per heavy atom. The first-order valence-electron chi connectivity index (χ1n) is 7.74. The van der Waals surface area contributed by atoms with Crippen LogP contribution in [-0.4, -0.2) is 36.2 Å². The number of nitrogens with zero attached hydrogens (tertiary/aromatic N) is 4. The van der Waals surface area contributed by atoms with Crippen LogP contribution in [0.15, 0.2) is 35.4 Å². The van der Waals surface area contributed by atoms with E-state index in [-0.39, 0.29) is 24.0 Å². The van der Waals surface area contributed by atoms with E-state index in [1.807, 2.05) is 0 Å². The van der Waals surface area contributed by atoms with E-state index in [1.54, 1.807) is 0 Å². The highest BCUT2D eigenvalue weighted by atomic mass is 35.5. The minimum Gasteiger partial charge on any atom is -0.375 e. The number of halogens is 1. The predicted octanol–water partition coefficient (Wildman–Crippen LogP) is 3.93. The lowest BCUT2D eigenvalue weighted by atomic mass is 9.82. The van der Waals surface area contributed by atoms with Crippen molar-refractivity contribution in [3.05, 3.63) is 46.3 Å². The lowest BCUT2D eigenvalue weighted by molar-refractivity contribution is -0.116. The van der Waals surface area contributed by atoms with Crippen LogP contribution in [0.5, 0.6) is 0 Å². The molecule has 0 aromatic heterocycles. The Morgan fingerprint density at radius 3 is 2.68 bits per heavy atom. The first-order valence-corrected chi connectivity index (χ1v) is 7.74. The highest BCUT2D eigenvalue weighted by molar-refractivity contribution is 5.85. The maximum Gasteiger partial charge on any atom is 0.0710 e. The lowest BCUT2D eigenvalue weighted by Gasteiger charge is -2.45. The molecule has 2 saturated heterocycles. The zero-order valence-corrected chi connectivity index (χ0v) is 13.5. The summed E-state index contributed by atoms with van der Waals surface area (Å²) in [6.45, 7) is 3.84. The van der Waals surface area contributed by atoms with Crippen molar-refractivity contribution in [2.24, 2.45) is 5.11 Å². The van der Waals surface area contributed by atoms with Gasteiger partial charge in [-0.25, -0.2) is 0 Å². The van der Waals surface area contributed by atoms with Gasteiger partial charge >= 0.3 is 0 Å². The van der Waals surface area contributed by atoms with Gasteiger partial charge in [0.15, 0.2) is 0 Å². The van der Waals surface area contributed by atoms with Gasteiger partial charge in [-0.15, -0.1) is 12.4 Å². The van der Waals surface area contributed by atoms with E-state index in [2.05, 4.69) is 45.3 Å². The summed E-state index contributed by atoms with van der Waals surface area (Å²) < 4.78 is 6.07. The molecule has 0 bridgehead atoms. The van der Waals surface area contributed by atoms with Gasteiger partial charge in [0.05, 0.1) is 5.60 Å². The number of ether oxygens (including phenoxy) is 1. The fourth-order valence-corrected chi connectivity index (χ4v) is 3.48. The first kappa shape index (κ1) is 17.1. The van der Waals surface area contributed by atoms with E-state index in [0.717, 1.165) is 51.9 Å². The fraction of sp³-hybridized carbons (Fsp3) is 0.625. The molecule has 0 aliphatic carbocycles. The summed E-state index contributed by atoms with van der Waals surface area (Å²) in [6.07, 6.45) is 3.82. The highest BCUT2D eigenvalue weighted by Gasteiger charge is 2.39. The van der Waals surface area contributed by atoms with Crippen molar-refractivity contribution in [3.63, 3.8) is 0 Å². The number of hydrogen-bond donors (Lipinski definition) is 0. The summed E-state index contributed by atoms with van der Waals surface area (Å²) in [5.41, 5.74) is 9.94. The Balaban J connectivity index is 0.00000176. The average Bonchev–Trinajstić information content (AvgIpc) is 2.52. The molecule has 2 aliphatic heterocycles. The predicted molar refractivity (Wildman–Crippen MR) is 89.1 cm³/mol. The first-order chi connectivity index (χ1) is 10.3. The van der Waals surface area contributed by atoms with Gasteiger partial charge in [0, 0.05) is 37.2 Å². The van der Waals surface area contributed by atoms with Crippen molar-refractivity contribution < 1.29 is 4.74 Å². The summed E-state index contributed by atoms with van der Waals surface area (Å²) in [4.78, 5) is 5.45. The molecule has 1 aromatic carbocycles. The highest BCUT2D eigenvalue weighted by Crippen LogP contribution is 2.36. The summed E-state index contributed by atoms with van der Waals surface area (Å²) in [6, 6.07) is 10.7. The van der Waals surface area contributed by atoms with Crippen LogP contribution < -0.4 is 0 Å². The van der Waals surface area contributed by atoms with Crippen LogP contribution in [0.3, 0.4) is 0 Å². The van der Waals surface area contributed by atoms with E-state index in [4.69, 9.17) is 10.3 Å². The minimum absolute atomic E-state index is 0. The third-order valence-corrected chi connectivity index (χ3v) is 4.70. The summed E-state index contributed by atoms with van der Waals surface area (Å²) in [5, 5.41) is 3.91. The Kier molecular flexibility index (Phi) is 6.09. The third kappa shape index (κ3) is 4.14. The van der Waals surface area contributed by atoms with Crippen molar-refractivity contribution in [3.8, 4) is 0 Å². The Bertz CT molecular complexity index is 510. The van der Waals surface area contributed by atoms with E-state index in [9.17, 15) is 0 Å². The van der Waals surface area contributed by atoms with Crippen molar-refractivity contribution in [1.82, 2.24) is 4.90 Å². The lowest BCUT2D eigenvalue weighted by Crippen LogP contribution is -2.49. The zero-order valence-electron chi connectivity index (χ0n) is 12.7. The van der Waals surface area contributed by atoms with Gasteiger partial charge in [0.25, 0.3) is 0 Å². The second kappa shape index (κ2) is 7.84. The van der Waals surface area contributed by atoms with Gasteiger partial charge in [-0.1, -0.05) is 35.4 Å². The van der Waals surface area contributed by atoms with Gasteiger partial charge in [0.1, 0.15) is 0 Å². The van der Waals surface area contributed by atoms with Crippen molar-refractivity contribution in [1.29, 1.82) is 0 Å². The van der Waals surface area contributed by atoms with Crippen LogP contribution in [0, 0.1) is 0 Å². The number of hydrogen-bond acceptors (Lipinski definition) is 3. The van der Waals surface area contributed by atoms with Gasteiger partial charge in [-0.3, -0.25) is 4.90 Å². The topological polar surface area (TPSA) is 61.2 Å². The molecule has 2 heterocycles. The van der Waals surface area contributed by atoms with Crippen molar-refractivity contribution >= 4 is 12.4 Å². The molecular formula is C16H23ClN4O. The number of azide groups is 1. The molecule has 1 aromatic rings. The maximum atomic E-state index is 8.62. The monoisotopic (exact) mass is 322 g/mol. The van der Waals surface area contributed by atoms with E-state index in [0.29, 0.717) is 0 Å². The van der Waals surface area contributed by atoms with Crippen molar-refractivity contribution in [2.75, 3.05) is 19.7 Å². The smallest absolute Gasteiger partial charge is 0.0710 e. The van der Waals surface area contributed by atoms with Gasteiger partial charge in [0.2, 0.25) is 0 Å². The maximum absolute atomic E-state index is 8.62. The van der Waals surface area contributed by atoms with E-state index in [1.165, 1.54) is 5.56 Å². The normalized spacial score (nSPS) is 24.3. The molecule has 5 nitrogen and oxygen atoms in total. The van der Waals surface area contributed by atoms with Crippen LogP contribution in [-0.2, 0) is 11.3 Å². The van der Waals surface area contributed by atoms with Gasteiger partial charge < -0.3 is 4.74 Å². The third-order valence-electron chi connectivity index (χ3n) is 4.70. The molecular weight excluding hydrogens is 300 g/mol. The van der Waals surface area contributed by atoms with Crippen LogP contribution >= 0.6 is 12.4 Å². The van der Waals surface area contributed by atoms with Gasteiger partial charge in [-0.05, 0) is 36.8 Å². The molecule has 1 spiro atoms. The van der Waals surface area contributed by atoms with E-state index >= 15 is 0 Å². The number of rotatable bonds is 3. The molecule has 3 rings (SSSR count). The fourth-order valence-electron chi connectivity index (χ4n) is 3.48. The van der Waals surface area contributed by atoms with Gasteiger partial charge in [-0.2, -0.15) is 0 Å².